The fourth-order valence-corrected chi connectivity index (χ4v) is 5.73. The van der Waals surface area contributed by atoms with E-state index in [9.17, 15) is 22.6 Å². The van der Waals surface area contributed by atoms with E-state index in [0.29, 0.717) is 25.7 Å². The predicted molar refractivity (Wildman–Crippen MR) is 74.3 cm³/mol. The molecule has 1 unspecified atom stereocenters. The molecule has 3 nitrogen and oxygen atoms in total. The van der Waals surface area contributed by atoms with Gasteiger partial charge in [0.1, 0.15) is 0 Å². The lowest BCUT2D eigenvalue weighted by atomic mass is 9.86. The second-order valence-electron chi connectivity index (χ2n) is 6.46. The van der Waals surface area contributed by atoms with Gasteiger partial charge in [-0.25, -0.2) is 0 Å². The summed E-state index contributed by atoms with van der Waals surface area (Å²) in [6.07, 6.45) is 0.441. The van der Waals surface area contributed by atoms with E-state index in [1.54, 1.807) is 0 Å². The third-order valence-corrected chi connectivity index (χ3v) is 7.15. The molecule has 0 radical (unpaired) electrons. The van der Waals surface area contributed by atoms with Gasteiger partial charge in [0.15, 0.2) is 0 Å². The molecular formula is C14H24F3O3P. The molecule has 2 saturated carbocycles. The molecule has 1 N–H and O–H groups in total. The Labute approximate surface area is 123 Å². The van der Waals surface area contributed by atoms with Crippen molar-refractivity contribution < 1.29 is 27.2 Å². The highest BCUT2D eigenvalue weighted by Gasteiger charge is 2.55. The molecule has 0 saturated heterocycles. The summed E-state index contributed by atoms with van der Waals surface area (Å²) in [5.41, 5.74) is 0. The molecule has 0 heterocycles. The molecule has 21 heavy (non-hydrogen) atoms. The van der Waals surface area contributed by atoms with Crippen molar-refractivity contribution in [1.82, 2.24) is 0 Å². The summed E-state index contributed by atoms with van der Waals surface area (Å²) < 4.78 is 56.8. The van der Waals surface area contributed by atoms with Gasteiger partial charge in [-0.1, -0.05) is 38.5 Å². The van der Waals surface area contributed by atoms with Crippen LogP contribution >= 0.6 is 7.60 Å². The molecule has 0 aromatic rings. The maximum atomic E-state index is 12.9. The first-order valence-electron chi connectivity index (χ1n) is 7.82. The first-order valence-corrected chi connectivity index (χ1v) is 9.40. The van der Waals surface area contributed by atoms with E-state index in [0.717, 1.165) is 25.7 Å². The fraction of sp³-hybridized carbons (Fsp3) is 1.00. The van der Waals surface area contributed by atoms with Gasteiger partial charge in [-0.2, -0.15) is 13.2 Å². The first kappa shape index (κ1) is 17.3. The third-order valence-electron chi connectivity index (χ3n) is 4.76. The molecule has 0 aromatic carbocycles. The second kappa shape index (κ2) is 6.59. The maximum Gasteiger partial charge on any atom is 0.390 e. The Morgan fingerprint density at radius 1 is 1.05 bits per heavy atom. The Morgan fingerprint density at radius 2 is 1.57 bits per heavy atom. The zero-order valence-corrected chi connectivity index (χ0v) is 13.1. The molecule has 0 aliphatic heterocycles. The highest BCUT2D eigenvalue weighted by Crippen LogP contribution is 2.65. The number of halogens is 3. The molecular weight excluding hydrogens is 304 g/mol. The van der Waals surface area contributed by atoms with E-state index in [1.165, 1.54) is 0 Å². The Hall–Kier alpha value is -0.0600. The minimum absolute atomic E-state index is 0.132. The van der Waals surface area contributed by atoms with Crippen molar-refractivity contribution in [3.8, 4) is 0 Å². The normalized spacial score (nSPS) is 27.2. The van der Waals surface area contributed by atoms with Crippen molar-refractivity contribution in [1.29, 1.82) is 0 Å². The fourth-order valence-electron chi connectivity index (χ4n) is 3.63. The summed E-state index contributed by atoms with van der Waals surface area (Å²) in [4.78, 5) is 10.3. The zero-order valence-electron chi connectivity index (χ0n) is 12.2. The standard InChI is InChI=1S/C14H24F3O3P/c15-14(16,17)11-13(9-5-2-6-10-13)21(18,19)20-12-7-3-1-4-8-12/h12H,1-11H2,(H,18,19). The smallest absolute Gasteiger partial charge is 0.324 e. The van der Waals surface area contributed by atoms with Crippen LogP contribution in [0.15, 0.2) is 0 Å². The van der Waals surface area contributed by atoms with E-state index >= 15 is 0 Å². The van der Waals surface area contributed by atoms with Crippen LogP contribution in [-0.2, 0) is 9.09 Å². The SMILES string of the molecule is O=P(O)(OC1CCCCC1)C1(CC(F)(F)F)CCCCC1. The summed E-state index contributed by atoms with van der Waals surface area (Å²) >= 11 is 0. The molecule has 0 bridgehead atoms. The van der Waals surface area contributed by atoms with Crippen molar-refractivity contribution in [3.05, 3.63) is 0 Å². The van der Waals surface area contributed by atoms with Crippen LogP contribution in [0.1, 0.15) is 70.6 Å². The van der Waals surface area contributed by atoms with Crippen LogP contribution in [0.2, 0.25) is 0 Å². The highest BCUT2D eigenvalue weighted by atomic mass is 31.2. The van der Waals surface area contributed by atoms with Gasteiger partial charge in [-0.05, 0) is 25.7 Å². The van der Waals surface area contributed by atoms with Crippen molar-refractivity contribution >= 4 is 7.60 Å². The number of rotatable bonds is 4. The van der Waals surface area contributed by atoms with Gasteiger partial charge in [-0.15, -0.1) is 0 Å². The van der Waals surface area contributed by atoms with Crippen LogP contribution in [0.4, 0.5) is 13.2 Å². The van der Waals surface area contributed by atoms with Crippen molar-refractivity contribution in [3.63, 3.8) is 0 Å². The van der Waals surface area contributed by atoms with E-state index in [-0.39, 0.29) is 18.9 Å². The van der Waals surface area contributed by atoms with Gasteiger partial charge < -0.3 is 9.42 Å². The lowest BCUT2D eigenvalue weighted by Crippen LogP contribution is -2.38. The molecule has 0 spiro atoms. The van der Waals surface area contributed by atoms with Gasteiger partial charge in [0, 0.05) is 0 Å². The van der Waals surface area contributed by atoms with Gasteiger partial charge >= 0.3 is 13.8 Å². The summed E-state index contributed by atoms with van der Waals surface area (Å²) in [6, 6.07) is 0. The van der Waals surface area contributed by atoms with Crippen molar-refractivity contribution in [2.24, 2.45) is 0 Å². The monoisotopic (exact) mass is 328 g/mol. The Morgan fingerprint density at radius 3 is 2.10 bits per heavy atom. The summed E-state index contributed by atoms with van der Waals surface area (Å²) in [5.74, 6) is 0. The van der Waals surface area contributed by atoms with Crippen molar-refractivity contribution in [2.75, 3.05) is 0 Å². The van der Waals surface area contributed by atoms with Crippen LogP contribution in [0.5, 0.6) is 0 Å². The maximum absolute atomic E-state index is 12.9. The van der Waals surface area contributed by atoms with Crippen molar-refractivity contribution in [2.45, 2.75) is 88.1 Å². The van der Waals surface area contributed by atoms with Crippen LogP contribution in [0, 0.1) is 0 Å². The van der Waals surface area contributed by atoms with E-state index in [1.807, 2.05) is 0 Å². The Bertz CT molecular complexity index is 385. The molecule has 0 amide bonds. The van der Waals surface area contributed by atoms with Crippen LogP contribution < -0.4 is 0 Å². The van der Waals surface area contributed by atoms with Gasteiger partial charge in [0.05, 0.1) is 17.7 Å². The molecule has 2 aliphatic rings. The molecule has 0 aromatic heterocycles. The quantitative estimate of drug-likeness (QED) is 0.724. The number of hydrogen-bond donors (Lipinski definition) is 1. The van der Waals surface area contributed by atoms with Crippen LogP contribution in [0.25, 0.3) is 0 Å². The summed E-state index contributed by atoms with van der Waals surface area (Å²) in [7, 11) is -4.28. The van der Waals surface area contributed by atoms with Gasteiger partial charge in [0.25, 0.3) is 0 Å². The lowest BCUT2D eigenvalue weighted by Gasteiger charge is -2.41. The number of alkyl halides is 3. The minimum atomic E-state index is -4.44. The largest absolute Gasteiger partial charge is 0.390 e. The van der Waals surface area contributed by atoms with E-state index in [4.69, 9.17) is 4.52 Å². The second-order valence-corrected chi connectivity index (χ2v) is 8.66. The minimum Gasteiger partial charge on any atom is -0.324 e. The lowest BCUT2D eigenvalue weighted by molar-refractivity contribution is -0.145. The average Bonchev–Trinajstić information content (AvgIpc) is 2.38. The topological polar surface area (TPSA) is 46.5 Å². The van der Waals surface area contributed by atoms with Crippen LogP contribution in [-0.4, -0.2) is 22.3 Å². The zero-order chi connectivity index (χ0) is 15.6. The summed E-state index contributed by atoms with van der Waals surface area (Å²) in [6.45, 7) is 0. The van der Waals surface area contributed by atoms with Gasteiger partial charge in [0.2, 0.25) is 0 Å². The molecule has 124 valence electrons. The number of hydrogen-bond acceptors (Lipinski definition) is 2. The summed E-state index contributed by atoms with van der Waals surface area (Å²) in [5, 5.41) is -1.62. The van der Waals surface area contributed by atoms with E-state index in [2.05, 4.69) is 0 Å². The molecule has 1 atom stereocenters. The Kier molecular flexibility index (Phi) is 5.43. The highest BCUT2D eigenvalue weighted by molar-refractivity contribution is 7.54. The average molecular weight is 328 g/mol. The van der Waals surface area contributed by atoms with Gasteiger partial charge in [-0.3, -0.25) is 4.57 Å². The predicted octanol–water partition coefficient (Wildman–Crippen LogP) is 5.18. The van der Waals surface area contributed by atoms with E-state index < -0.39 is 25.3 Å². The Balaban J connectivity index is 2.15. The molecule has 7 heteroatoms. The first-order chi connectivity index (χ1) is 9.74. The third kappa shape index (κ3) is 4.46. The van der Waals surface area contributed by atoms with Crippen LogP contribution in [0.3, 0.4) is 0 Å². The molecule has 2 aliphatic carbocycles. The molecule has 2 rings (SSSR count). The molecule has 2 fully saturated rings.